The average Bonchev–Trinajstić information content (AvgIpc) is 2.41. The van der Waals surface area contributed by atoms with Crippen LogP contribution in [0.3, 0.4) is 0 Å². The van der Waals surface area contributed by atoms with E-state index >= 15 is 0 Å². The topological polar surface area (TPSA) is 99.7 Å². The minimum Gasteiger partial charge on any atom is -0.384 e. The Morgan fingerprint density at radius 2 is 0.895 bits per heavy atom. The molecule has 0 spiro atoms. The van der Waals surface area contributed by atoms with E-state index < -0.39 is 0 Å². The van der Waals surface area contributed by atoms with Gasteiger partial charge >= 0.3 is 0 Å². The van der Waals surface area contributed by atoms with Crippen LogP contribution in [-0.2, 0) is 0 Å². The van der Waals surface area contributed by atoms with Crippen LogP contribution in [0.25, 0.3) is 0 Å². The summed E-state index contributed by atoms with van der Waals surface area (Å²) in [6.07, 6.45) is 0. The Morgan fingerprint density at radius 1 is 0.632 bits per heavy atom. The Hall–Kier alpha value is -2.33. The lowest BCUT2D eigenvalue weighted by Crippen LogP contribution is -2.10. The van der Waals surface area contributed by atoms with E-state index in [0.29, 0.717) is 0 Å². The molecule has 2 aromatic rings. The fourth-order valence-corrected chi connectivity index (χ4v) is 1.24. The SMILES string of the molecule is Cl.N=C(N)c1ccccc1.N=C(N)c1ccccc1. The second-order valence-electron chi connectivity index (χ2n) is 3.56. The van der Waals surface area contributed by atoms with Gasteiger partial charge in [0, 0.05) is 11.1 Å². The number of rotatable bonds is 2. The molecule has 0 aliphatic rings. The molecule has 0 unspecified atom stereocenters. The van der Waals surface area contributed by atoms with Gasteiger partial charge in [0.2, 0.25) is 0 Å². The van der Waals surface area contributed by atoms with E-state index in [4.69, 9.17) is 22.3 Å². The molecule has 0 atom stereocenters. The fraction of sp³-hybridized carbons (Fsp3) is 0. The largest absolute Gasteiger partial charge is 0.384 e. The highest BCUT2D eigenvalue weighted by atomic mass is 35.5. The molecular weight excluding hydrogens is 260 g/mol. The second-order valence-corrected chi connectivity index (χ2v) is 3.56. The number of amidine groups is 2. The number of nitrogens with one attached hydrogen (secondary N) is 2. The van der Waals surface area contributed by atoms with E-state index in [-0.39, 0.29) is 24.1 Å². The molecule has 0 saturated carbocycles. The zero-order valence-electron chi connectivity index (χ0n) is 10.3. The minimum atomic E-state index is 0. The molecule has 5 heteroatoms. The molecule has 2 rings (SSSR count). The van der Waals surface area contributed by atoms with Crippen LogP contribution in [0, 0.1) is 10.8 Å². The van der Waals surface area contributed by atoms with E-state index in [1.165, 1.54) is 0 Å². The maximum absolute atomic E-state index is 7.01. The first-order valence-corrected chi connectivity index (χ1v) is 5.40. The van der Waals surface area contributed by atoms with Crippen molar-refractivity contribution < 1.29 is 0 Å². The van der Waals surface area contributed by atoms with Gasteiger partial charge in [0.25, 0.3) is 0 Å². The number of halogens is 1. The molecule has 19 heavy (non-hydrogen) atoms. The molecule has 100 valence electrons. The van der Waals surface area contributed by atoms with Gasteiger partial charge in [0.15, 0.2) is 0 Å². The van der Waals surface area contributed by atoms with Crippen molar-refractivity contribution in [1.82, 2.24) is 0 Å². The lowest BCUT2D eigenvalue weighted by atomic mass is 10.2. The van der Waals surface area contributed by atoms with Crippen molar-refractivity contribution in [2.24, 2.45) is 11.5 Å². The quantitative estimate of drug-likeness (QED) is 0.500. The van der Waals surface area contributed by atoms with Crippen molar-refractivity contribution in [3.05, 3.63) is 71.8 Å². The summed E-state index contributed by atoms with van der Waals surface area (Å²) in [7, 11) is 0. The summed E-state index contributed by atoms with van der Waals surface area (Å²) in [5, 5.41) is 14.0. The molecule has 0 bridgehead atoms. The van der Waals surface area contributed by atoms with Gasteiger partial charge in [-0.05, 0) is 0 Å². The third kappa shape index (κ3) is 6.24. The Labute approximate surface area is 118 Å². The van der Waals surface area contributed by atoms with Crippen LogP contribution in [0.15, 0.2) is 60.7 Å². The van der Waals surface area contributed by atoms with Gasteiger partial charge < -0.3 is 11.5 Å². The third-order valence-corrected chi connectivity index (χ3v) is 2.17. The van der Waals surface area contributed by atoms with E-state index in [1.807, 2.05) is 60.7 Å². The van der Waals surface area contributed by atoms with Gasteiger partial charge in [-0.3, -0.25) is 10.8 Å². The van der Waals surface area contributed by atoms with E-state index in [9.17, 15) is 0 Å². The lowest BCUT2D eigenvalue weighted by molar-refractivity contribution is 1.42. The van der Waals surface area contributed by atoms with Crippen LogP contribution in [0.2, 0.25) is 0 Å². The van der Waals surface area contributed by atoms with E-state index in [1.54, 1.807) is 0 Å². The monoisotopic (exact) mass is 276 g/mol. The molecule has 0 heterocycles. The first kappa shape index (κ1) is 16.7. The molecule has 0 saturated heterocycles. The number of nitrogens with two attached hydrogens (primary N) is 2. The molecule has 0 fully saturated rings. The van der Waals surface area contributed by atoms with Crippen LogP contribution in [-0.4, -0.2) is 11.7 Å². The summed E-state index contributed by atoms with van der Waals surface area (Å²) >= 11 is 0. The maximum Gasteiger partial charge on any atom is 0.122 e. The Morgan fingerprint density at radius 3 is 1.05 bits per heavy atom. The maximum atomic E-state index is 7.01. The molecule has 0 aliphatic heterocycles. The fourth-order valence-electron chi connectivity index (χ4n) is 1.24. The van der Waals surface area contributed by atoms with Crippen LogP contribution < -0.4 is 11.5 Å². The summed E-state index contributed by atoms with van der Waals surface area (Å²) in [5.41, 5.74) is 11.9. The summed E-state index contributed by atoms with van der Waals surface area (Å²) in [6.45, 7) is 0. The highest BCUT2D eigenvalue weighted by molar-refractivity contribution is 5.95. The lowest BCUT2D eigenvalue weighted by Gasteiger charge is -1.93. The number of benzene rings is 2. The highest BCUT2D eigenvalue weighted by Gasteiger charge is 1.89. The van der Waals surface area contributed by atoms with Crippen molar-refractivity contribution in [3.8, 4) is 0 Å². The highest BCUT2D eigenvalue weighted by Crippen LogP contribution is 1.95. The molecular formula is C14H17ClN4. The normalized spacial score (nSPS) is 8.42. The van der Waals surface area contributed by atoms with Gasteiger partial charge in [-0.25, -0.2) is 0 Å². The van der Waals surface area contributed by atoms with Gasteiger partial charge in [-0.15, -0.1) is 12.4 Å². The van der Waals surface area contributed by atoms with E-state index in [2.05, 4.69) is 0 Å². The molecule has 2 aromatic carbocycles. The minimum absolute atomic E-state index is 0. The number of hydrogen-bond donors (Lipinski definition) is 4. The Kier molecular flexibility index (Phi) is 7.65. The number of hydrogen-bond acceptors (Lipinski definition) is 2. The molecule has 0 aliphatic carbocycles. The first-order valence-electron chi connectivity index (χ1n) is 5.40. The standard InChI is InChI=1S/2C7H8N2.ClH/c2*8-7(9)6-4-2-1-3-5-6;/h2*1-5H,(H3,8,9);1H. The predicted molar refractivity (Wildman–Crippen MR) is 82.2 cm³/mol. The van der Waals surface area contributed by atoms with E-state index in [0.717, 1.165) is 11.1 Å². The predicted octanol–water partition coefficient (Wildman–Crippen LogP) is 2.36. The van der Waals surface area contributed by atoms with Crippen molar-refractivity contribution in [2.75, 3.05) is 0 Å². The summed E-state index contributed by atoms with van der Waals surface area (Å²) in [6, 6.07) is 18.5. The van der Waals surface area contributed by atoms with Crippen LogP contribution in [0.1, 0.15) is 11.1 Å². The Bertz CT molecular complexity index is 462. The van der Waals surface area contributed by atoms with Crippen LogP contribution >= 0.6 is 12.4 Å². The molecule has 4 nitrogen and oxygen atoms in total. The van der Waals surface area contributed by atoms with Gasteiger partial charge in [-0.1, -0.05) is 60.7 Å². The molecule has 0 radical (unpaired) electrons. The first-order chi connectivity index (χ1) is 8.61. The zero-order chi connectivity index (χ0) is 13.4. The summed E-state index contributed by atoms with van der Waals surface area (Å²) in [5.74, 6) is 0.242. The van der Waals surface area contributed by atoms with Gasteiger partial charge in [-0.2, -0.15) is 0 Å². The Balaban J connectivity index is 0.000000324. The van der Waals surface area contributed by atoms with Crippen molar-refractivity contribution in [1.29, 1.82) is 10.8 Å². The van der Waals surface area contributed by atoms with Crippen LogP contribution in [0.5, 0.6) is 0 Å². The summed E-state index contributed by atoms with van der Waals surface area (Å²) in [4.78, 5) is 0. The smallest absolute Gasteiger partial charge is 0.122 e. The second kappa shape index (κ2) is 8.72. The van der Waals surface area contributed by atoms with Crippen molar-refractivity contribution >= 4 is 24.1 Å². The molecule has 0 aromatic heterocycles. The molecule has 6 N–H and O–H groups in total. The summed E-state index contributed by atoms with van der Waals surface area (Å²) < 4.78 is 0. The number of nitrogen functional groups attached to an aromatic ring is 2. The third-order valence-electron chi connectivity index (χ3n) is 2.17. The zero-order valence-corrected chi connectivity index (χ0v) is 11.2. The molecule has 0 amide bonds. The van der Waals surface area contributed by atoms with Gasteiger partial charge in [0.1, 0.15) is 11.7 Å². The van der Waals surface area contributed by atoms with Crippen molar-refractivity contribution in [3.63, 3.8) is 0 Å². The van der Waals surface area contributed by atoms with Crippen LogP contribution in [0.4, 0.5) is 0 Å². The average molecular weight is 277 g/mol. The van der Waals surface area contributed by atoms with Crippen molar-refractivity contribution in [2.45, 2.75) is 0 Å². The van der Waals surface area contributed by atoms with Gasteiger partial charge in [0.05, 0.1) is 0 Å².